The number of anilines is 1. The highest BCUT2D eigenvalue weighted by Crippen LogP contribution is 2.28. The third-order valence-corrected chi connectivity index (χ3v) is 7.29. The molecule has 0 saturated carbocycles. The number of piperidine rings is 1. The molecule has 0 bridgehead atoms. The summed E-state index contributed by atoms with van der Waals surface area (Å²) in [5.41, 5.74) is 0.221. The van der Waals surface area contributed by atoms with Crippen LogP contribution in [0.5, 0.6) is 11.8 Å². The van der Waals surface area contributed by atoms with Crippen molar-refractivity contribution in [1.82, 2.24) is 24.4 Å². The standard InChI is InChI=1S/C30H33ClN6O6/c1-30(2,3)43-29(41)32-20-11-8-14-36(17-20)27-33-24-23(37(27)16-19-9-5-6-13-22(19)31)25(38)35(4)28(34-24)42-21-12-7-10-18(15-21)26(39)40/h5-7,9-10,12-13,15,20H,8,11,14,16-17H2,1-4H3,(H,32,41)(H,39,40)/t20-/m1/s1. The molecule has 1 fully saturated rings. The molecule has 1 saturated heterocycles. The Morgan fingerprint density at radius 3 is 2.63 bits per heavy atom. The maximum Gasteiger partial charge on any atom is 0.407 e. The van der Waals surface area contributed by atoms with E-state index in [1.165, 1.54) is 23.7 Å². The summed E-state index contributed by atoms with van der Waals surface area (Å²) in [6, 6.07) is 13.0. The number of imidazole rings is 1. The van der Waals surface area contributed by atoms with Crippen molar-refractivity contribution in [3.8, 4) is 11.8 Å². The molecule has 13 heteroatoms. The Kier molecular flexibility index (Phi) is 8.32. The van der Waals surface area contributed by atoms with Crippen LogP contribution >= 0.6 is 11.6 Å². The maximum atomic E-state index is 13.8. The van der Waals surface area contributed by atoms with Gasteiger partial charge in [-0.25, -0.2) is 9.59 Å². The Bertz CT molecular complexity index is 1740. The summed E-state index contributed by atoms with van der Waals surface area (Å²) >= 11 is 6.52. The van der Waals surface area contributed by atoms with E-state index in [0.717, 1.165) is 18.4 Å². The Morgan fingerprint density at radius 2 is 1.91 bits per heavy atom. The van der Waals surface area contributed by atoms with Crippen LogP contribution in [0.3, 0.4) is 0 Å². The number of fused-ring (bicyclic) bond motifs is 1. The summed E-state index contributed by atoms with van der Waals surface area (Å²) < 4.78 is 14.4. The van der Waals surface area contributed by atoms with E-state index < -0.39 is 23.2 Å². The average molecular weight is 609 g/mol. The molecule has 5 rings (SSSR count). The molecular weight excluding hydrogens is 576 g/mol. The first-order valence-corrected chi connectivity index (χ1v) is 14.2. The van der Waals surface area contributed by atoms with Gasteiger partial charge in [-0.3, -0.25) is 13.9 Å². The number of hydrogen-bond donors (Lipinski definition) is 2. The number of carboxylic acid groups (broad SMARTS) is 1. The Balaban J connectivity index is 1.55. The van der Waals surface area contributed by atoms with E-state index in [1.54, 1.807) is 22.8 Å². The van der Waals surface area contributed by atoms with Crippen LogP contribution < -0.4 is 20.5 Å². The van der Waals surface area contributed by atoms with Crippen LogP contribution in [-0.4, -0.2) is 61.0 Å². The highest BCUT2D eigenvalue weighted by molar-refractivity contribution is 6.31. The van der Waals surface area contributed by atoms with Gasteiger partial charge in [0.05, 0.1) is 12.1 Å². The fourth-order valence-electron chi connectivity index (χ4n) is 4.96. The molecule has 0 radical (unpaired) electrons. The van der Waals surface area contributed by atoms with Crippen LogP contribution in [0.4, 0.5) is 10.7 Å². The predicted octanol–water partition coefficient (Wildman–Crippen LogP) is 4.82. The van der Waals surface area contributed by atoms with Gasteiger partial charge in [-0.05, 0) is 63.4 Å². The number of ether oxygens (including phenoxy) is 2. The molecule has 4 aromatic rings. The number of alkyl carbamates (subject to hydrolysis) is 1. The molecule has 1 atom stereocenters. The molecule has 1 aliphatic heterocycles. The zero-order valence-corrected chi connectivity index (χ0v) is 25.1. The van der Waals surface area contributed by atoms with Crippen molar-refractivity contribution in [2.45, 2.75) is 51.8 Å². The minimum Gasteiger partial charge on any atom is -0.478 e. The molecular formula is C30H33ClN6O6. The average Bonchev–Trinajstić information content (AvgIpc) is 3.30. The largest absolute Gasteiger partial charge is 0.478 e. The fraction of sp³-hybridized carbons (Fsp3) is 0.367. The number of carbonyl (C=O) groups excluding carboxylic acids is 1. The van der Waals surface area contributed by atoms with E-state index in [-0.39, 0.29) is 41.1 Å². The van der Waals surface area contributed by atoms with Gasteiger partial charge >= 0.3 is 18.1 Å². The molecule has 0 aliphatic carbocycles. The van der Waals surface area contributed by atoms with Gasteiger partial charge in [0.1, 0.15) is 11.4 Å². The van der Waals surface area contributed by atoms with Crippen LogP contribution in [0, 0.1) is 0 Å². The molecule has 0 unspecified atom stereocenters. The molecule has 3 heterocycles. The monoisotopic (exact) mass is 608 g/mol. The number of benzene rings is 2. The van der Waals surface area contributed by atoms with Gasteiger partial charge in [0.25, 0.3) is 5.56 Å². The van der Waals surface area contributed by atoms with Crippen molar-refractivity contribution in [1.29, 1.82) is 0 Å². The van der Waals surface area contributed by atoms with E-state index in [9.17, 15) is 19.5 Å². The second-order valence-corrected chi connectivity index (χ2v) is 11.8. The number of aromatic carboxylic acids is 1. The number of hydrogen-bond acceptors (Lipinski definition) is 8. The molecule has 43 heavy (non-hydrogen) atoms. The molecule has 1 aliphatic rings. The minimum atomic E-state index is -1.10. The second kappa shape index (κ2) is 12.0. The van der Waals surface area contributed by atoms with Gasteiger partial charge in [0.2, 0.25) is 5.95 Å². The SMILES string of the molecule is Cn1c(Oc2cccc(C(=O)O)c2)nc2nc(N3CCC[C@@H](NC(=O)OC(C)(C)C)C3)n(Cc3ccccc3Cl)c2c1=O. The summed E-state index contributed by atoms with van der Waals surface area (Å²) in [6.45, 7) is 6.77. The van der Waals surface area contributed by atoms with Gasteiger partial charge < -0.3 is 24.8 Å². The number of rotatable bonds is 7. The van der Waals surface area contributed by atoms with Crippen LogP contribution in [0.1, 0.15) is 49.5 Å². The molecule has 2 aromatic carbocycles. The first kappa shape index (κ1) is 29.9. The lowest BCUT2D eigenvalue weighted by atomic mass is 10.1. The number of nitrogens with zero attached hydrogens (tertiary/aromatic N) is 5. The van der Waals surface area contributed by atoms with Gasteiger partial charge in [-0.1, -0.05) is 35.9 Å². The number of halogens is 1. The molecule has 2 N–H and O–H groups in total. The third kappa shape index (κ3) is 6.75. The summed E-state index contributed by atoms with van der Waals surface area (Å²) in [7, 11) is 1.53. The summed E-state index contributed by atoms with van der Waals surface area (Å²) in [6.07, 6.45) is 1.04. The normalized spacial score (nSPS) is 15.4. The fourth-order valence-corrected chi connectivity index (χ4v) is 5.15. The topological polar surface area (TPSA) is 141 Å². The molecule has 12 nitrogen and oxygen atoms in total. The van der Waals surface area contributed by atoms with E-state index >= 15 is 0 Å². The molecule has 1 amide bonds. The van der Waals surface area contributed by atoms with Crippen LogP contribution in [0.2, 0.25) is 5.02 Å². The zero-order chi connectivity index (χ0) is 30.9. The van der Waals surface area contributed by atoms with Gasteiger partial charge in [-0.2, -0.15) is 9.97 Å². The lowest BCUT2D eigenvalue weighted by Crippen LogP contribution is -2.49. The summed E-state index contributed by atoms with van der Waals surface area (Å²) in [5.74, 6) is -0.392. The number of carboxylic acids is 1. The quantitative estimate of drug-likeness (QED) is 0.302. The lowest BCUT2D eigenvalue weighted by molar-refractivity contribution is 0.0499. The van der Waals surface area contributed by atoms with E-state index in [1.807, 2.05) is 43.9 Å². The number of nitrogens with one attached hydrogen (secondary N) is 1. The first-order valence-electron chi connectivity index (χ1n) is 13.9. The number of aromatic nitrogens is 4. The van der Waals surface area contributed by atoms with Crippen molar-refractivity contribution in [3.63, 3.8) is 0 Å². The highest BCUT2D eigenvalue weighted by Gasteiger charge is 2.29. The van der Waals surface area contributed by atoms with Crippen molar-refractivity contribution in [2.75, 3.05) is 18.0 Å². The maximum absolute atomic E-state index is 13.8. The van der Waals surface area contributed by atoms with Crippen molar-refractivity contribution in [3.05, 3.63) is 75.0 Å². The Morgan fingerprint density at radius 1 is 1.14 bits per heavy atom. The summed E-state index contributed by atoms with van der Waals surface area (Å²) in [5, 5.41) is 12.8. The predicted molar refractivity (Wildman–Crippen MR) is 161 cm³/mol. The van der Waals surface area contributed by atoms with Gasteiger partial charge in [0, 0.05) is 31.2 Å². The van der Waals surface area contributed by atoms with Crippen LogP contribution in [-0.2, 0) is 18.3 Å². The minimum absolute atomic E-state index is 0.0366. The van der Waals surface area contributed by atoms with Crippen molar-refractivity contribution >= 4 is 40.8 Å². The summed E-state index contributed by atoms with van der Waals surface area (Å²) in [4.78, 5) is 49.1. The Hall–Kier alpha value is -4.58. The number of amides is 1. The van der Waals surface area contributed by atoms with E-state index in [4.69, 9.17) is 26.1 Å². The Labute approximate surface area is 252 Å². The molecule has 226 valence electrons. The lowest BCUT2D eigenvalue weighted by Gasteiger charge is -2.34. The smallest absolute Gasteiger partial charge is 0.407 e. The van der Waals surface area contributed by atoms with E-state index in [2.05, 4.69) is 10.3 Å². The molecule has 2 aromatic heterocycles. The van der Waals surface area contributed by atoms with E-state index in [0.29, 0.717) is 24.1 Å². The third-order valence-electron chi connectivity index (χ3n) is 6.93. The highest BCUT2D eigenvalue weighted by atomic mass is 35.5. The van der Waals surface area contributed by atoms with Crippen molar-refractivity contribution < 1.29 is 24.2 Å². The zero-order valence-electron chi connectivity index (χ0n) is 24.3. The first-order chi connectivity index (χ1) is 20.4. The van der Waals surface area contributed by atoms with Crippen molar-refractivity contribution in [2.24, 2.45) is 7.05 Å². The second-order valence-electron chi connectivity index (χ2n) is 11.4. The van der Waals surface area contributed by atoms with Crippen LogP contribution in [0.25, 0.3) is 11.2 Å². The van der Waals surface area contributed by atoms with Gasteiger partial charge in [0.15, 0.2) is 11.2 Å². The van der Waals surface area contributed by atoms with Crippen LogP contribution in [0.15, 0.2) is 53.3 Å². The molecule has 0 spiro atoms. The van der Waals surface area contributed by atoms with Gasteiger partial charge in [-0.15, -0.1) is 0 Å². The number of carbonyl (C=O) groups is 2.